The number of hydrogen-bond donors (Lipinski definition) is 2. The highest BCUT2D eigenvalue weighted by Crippen LogP contribution is 2.18. The van der Waals surface area contributed by atoms with E-state index in [1.807, 2.05) is 24.4 Å². The Morgan fingerprint density at radius 1 is 1.27 bits per heavy atom. The number of rotatable bonds is 4. The first-order chi connectivity index (χ1) is 10.5. The lowest BCUT2D eigenvalue weighted by Crippen LogP contribution is -2.35. The van der Waals surface area contributed by atoms with Gasteiger partial charge in [0.25, 0.3) is 0 Å². The van der Waals surface area contributed by atoms with Crippen LogP contribution in [0.15, 0.2) is 29.6 Å². The average molecular weight is 317 g/mol. The van der Waals surface area contributed by atoms with E-state index in [1.165, 1.54) is 0 Å². The lowest BCUT2D eigenvalue weighted by Gasteiger charge is -2.06. The van der Waals surface area contributed by atoms with E-state index in [0.717, 1.165) is 16.3 Å². The van der Waals surface area contributed by atoms with Gasteiger partial charge in [-0.1, -0.05) is 26.0 Å². The first kappa shape index (κ1) is 16.2. The minimum atomic E-state index is -0.676. The summed E-state index contributed by atoms with van der Waals surface area (Å²) in [6.45, 7) is 6.31. The molecule has 2 aromatic rings. The highest BCUT2D eigenvalue weighted by molar-refractivity contribution is 7.09. The fourth-order valence-corrected chi connectivity index (χ4v) is 2.67. The molecule has 2 rings (SSSR count). The molecular weight excluding hydrogens is 298 g/mol. The second kappa shape index (κ2) is 7.17. The van der Waals surface area contributed by atoms with E-state index in [2.05, 4.69) is 29.5 Å². The van der Waals surface area contributed by atoms with Crippen LogP contribution in [0, 0.1) is 6.92 Å². The van der Waals surface area contributed by atoms with Gasteiger partial charge >= 0.3 is 11.8 Å². The van der Waals surface area contributed by atoms with Crippen molar-refractivity contribution in [1.82, 2.24) is 10.3 Å². The Hall–Kier alpha value is -2.21. The molecule has 0 bridgehead atoms. The molecule has 2 N–H and O–H groups in total. The predicted molar refractivity (Wildman–Crippen MR) is 87.9 cm³/mol. The molecule has 0 aliphatic carbocycles. The first-order valence-electron chi connectivity index (χ1n) is 7.06. The molecule has 0 radical (unpaired) electrons. The van der Waals surface area contributed by atoms with Crippen LogP contribution in [0.2, 0.25) is 0 Å². The van der Waals surface area contributed by atoms with Crippen LogP contribution >= 0.6 is 11.3 Å². The zero-order valence-electron chi connectivity index (χ0n) is 12.8. The highest BCUT2D eigenvalue weighted by Gasteiger charge is 2.14. The van der Waals surface area contributed by atoms with E-state index < -0.39 is 11.8 Å². The number of carbonyl (C=O) groups excluding carboxylic acids is 2. The maximum absolute atomic E-state index is 11.8. The van der Waals surface area contributed by atoms with Crippen molar-refractivity contribution in [2.75, 3.05) is 5.32 Å². The number of thiazole rings is 1. The summed E-state index contributed by atoms with van der Waals surface area (Å²) in [5.74, 6) is -0.982. The molecule has 0 saturated heterocycles. The van der Waals surface area contributed by atoms with Crippen molar-refractivity contribution in [2.24, 2.45) is 0 Å². The molecule has 1 aromatic carbocycles. The molecular formula is C16H19N3O2S. The fourth-order valence-electron chi connectivity index (χ4n) is 1.83. The standard InChI is InChI=1S/C16H19N3O2S/c1-10(2)16-19-13(9-22-16)8-17-14(20)15(21)18-12-6-4-5-11(3)7-12/h4-7,9-10H,8H2,1-3H3,(H,17,20)(H,18,21). The fraction of sp³-hybridized carbons (Fsp3) is 0.312. The van der Waals surface area contributed by atoms with E-state index in [9.17, 15) is 9.59 Å². The van der Waals surface area contributed by atoms with Crippen molar-refractivity contribution in [3.8, 4) is 0 Å². The molecule has 0 aliphatic rings. The molecule has 6 heteroatoms. The second-order valence-electron chi connectivity index (χ2n) is 5.34. The number of nitrogens with one attached hydrogen (secondary N) is 2. The molecule has 0 saturated carbocycles. The minimum Gasteiger partial charge on any atom is -0.342 e. The van der Waals surface area contributed by atoms with E-state index in [1.54, 1.807) is 23.5 Å². The van der Waals surface area contributed by atoms with Gasteiger partial charge in [-0.2, -0.15) is 0 Å². The third-order valence-corrected chi connectivity index (χ3v) is 4.17. The van der Waals surface area contributed by atoms with Crippen LogP contribution in [0.5, 0.6) is 0 Å². The zero-order valence-corrected chi connectivity index (χ0v) is 13.7. The third-order valence-electron chi connectivity index (χ3n) is 2.98. The van der Waals surface area contributed by atoms with Gasteiger partial charge in [0.05, 0.1) is 17.2 Å². The van der Waals surface area contributed by atoms with E-state index in [4.69, 9.17) is 0 Å². The largest absolute Gasteiger partial charge is 0.342 e. The van der Waals surface area contributed by atoms with Gasteiger partial charge in [0.15, 0.2) is 0 Å². The van der Waals surface area contributed by atoms with Gasteiger partial charge in [0.2, 0.25) is 0 Å². The van der Waals surface area contributed by atoms with Crippen molar-refractivity contribution >= 4 is 28.8 Å². The van der Waals surface area contributed by atoms with Crippen LogP contribution in [0.3, 0.4) is 0 Å². The number of amides is 2. The van der Waals surface area contributed by atoms with Crippen molar-refractivity contribution in [2.45, 2.75) is 33.2 Å². The maximum Gasteiger partial charge on any atom is 0.313 e. The number of anilines is 1. The van der Waals surface area contributed by atoms with E-state index in [-0.39, 0.29) is 6.54 Å². The Morgan fingerprint density at radius 2 is 2.05 bits per heavy atom. The van der Waals surface area contributed by atoms with Crippen LogP contribution < -0.4 is 10.6 Å². The van der Waals surface area contributed by atoms with E-state index in [0.29, 0.717) is 11.6 Å². The lowest BCUT2D eigenvalue weighted by atomic mass is 10.2. The summed E-state index contributed by atoms with van der Waals surface area (Å²) in [6.07, 6.45) is 0. The Kier molecular flexibility index (Phi) is 5.27. The molecule has 2 amide bonds. The average Bonchev–Trinajstić information content (AvgIpc) is 2.93. The number of benzene rings is 1. The normalized spacial score (nSPS) is 10.5. The van der Waals surface area contributed by atoms with Gasteiger partial charge in [-0.3, -0.25) is 9.59 Å². The second-order valence-corrected chi connectivity index (χ2v) is 6.23. The Balaban J connectivity index is 1.87. The third kappa shape index (κ3) is 4.39. The Labute approximate surface area is 133 Å². The molecule has 1 heterocycles. The first-order valence-corrected chi connectivity index (χ1v) is 7.94. The molecule has 0 spiro atoms. The number of carbonyl (C=O) groups is 2. The monoisotopic (exact) mass is 317 g/mol. The van der Waals surface area contributed by atoms with Gasteiger partial charge in [-0.05, 0) is 24.6 Å². The summed E-state index contributed by atoms with van der Waals surface area (Å²) < 4.78 is 0. The molecule has 0 aliphatic heterocycles. The molecule has 22 heavy (non-hydrogen) atoms. The van der Waals surface area contributed by atoms with Crippen molar-refractivity contribution in [3.63, 3.8) is 0 Å². The number of hydrogen-bond acceptors (Lipinski definition) is 4. The topological polar surface area (TPSA) is 71.1 Å². The van der Waals surface area contributed by atoms with Crippen LogP contribution in [-0.2, 0) is 16.1 Å². The lowest BCUT2D eigenvalue weighted by molar-refractivity contribution is -0.136. The van der Waals surface area contributed by atoms with Crippen LogP contribution in [-0.4, -0.2) is 16.8 Å². The van der Waals surface area contributed by atoms with E-state index >= 15 is 0 Å². The number of nitrogens with zero attached hydrogens (tertiary/aromatic N) is 1. The summed E-state index contributed by atoms with van der Waals surface area (Å²) in [6, 6.07) is 7.30. The SMILES string of the molecule is Cc1cccc(NC(=O)C(=O)NCc2csc(C(C)C)n2)c1. The molecule has 5 nitrogen and oxygen atoms in total. The van der Waals surface area contributed by atoms with Crippen molar-refractivity contribution in [1.29, 1.82) is 0 Å². The summed E-state index contributed by atoms with van der Waals surface area (Å²) in [4.78, 5) is 28.0. The number of aryl methyl sites for hydroxylation is 1. The summed E-state index contributed by atoms with van der Waals surface area (Å²) in [5, 5.41) is 8.07. The molecule has 116 valence electrons. The smallest absolute Gasteiger partial charge is 0.313 e. The van der Waals surface area contributed by atoms with Gasteiger partial charge < -0.3 is 10.6 Å². The molecule has 1 aromatic heterocycles. The Morgan fingerprint density at radius 3 is 2.68 bits per heavy atom. The maximum atomic E-state index is 11.8. The van der Waals surface area contributed by atoms with Crippen LogP contribution in [0.1, 0.15) is 36.0 Å². The minimum absolute atomic E-state index is 0.253. The van der Waals surface area contributed by atoms with Crippen LogP contribution in [0.25, 0.3) is 0 Å². The molecule has 0 fully saturated rings. The van der Waals surface area contributed by atoms with Gasteiger partial charge in [0, 0.05) is 17.0 Å². The van der Waals surface area contributed by atoms with Gasteiger partial charge in [0.1, 0.15) is 0 Å². The molecule has 0 atom stereocenters. The summed E-state index contributed by atoms with van der Waals surface area (Å²) in [7, 11) is 0. The van der Waals surface area contributed by atoms with Crippen LogP contribution in [0.4, 0.5) is 5.69 Å². The summed E-state index contributed by atoms with van der Waals surface area (Å²) in [5.41, 5.74) is 2.39. The highest BCUT2D eigenvalue weighted by atomic mass is 32.1. The number of aromatic nitrogens is 1. The quantitative estimate of drug-likeness (QED) is 0.852. The Bertz CT molecular complexity index is 680. The summed E-state index contributed by atoms with van der Waals surface area (Å²) >= 11 is 1.56. The van der Waals surface area contributed by atoms with Crippen molar-refractivity contribution < 1.29 is 9.59 Å². The van der Waals surface area contributed by atoms with Gasteiger partial charge in [-0.25, -0.2) is 4.98 Å². The molecule has 0 unspecified atom stereocenters. The zero-order chi connectivity index (χ0) is 16.1. The predicted octanol–water partition coefficient (Wildman–Crippen LogP) is 2.83. The van der Waals surface area contributed by atoms with Crippen molar-refractivity contribution in [3.05, 3.63) is 45.9 Å². The van der Waals surface area contributed by atoms with Gasteiger partial charge in [-0.15, -0.1) is 11.3 Å².